The van der Waals surface area contributed by atoms with E-state index in [2.05, 4.69) is 5.10 Å². The molecule has 19 heavy (non-hydrogen) atoms. The first-order valence-electron chi connectivity index (χ1n) is 6.19. The number of rotatable bonds is 4. The summed E-state index contributed by atoms with van der Waals surface area (Å²) in [4.78, 5) is 23.5. The minimum absolute atomic E-state index is 0.258. The Morgan fingerprint density at radius 1 is 1.37 bits per heavy atom. The van der Waals surface area contributed by atoms with E-state index in [1.54, 1.807) is 6.92 Å². The molecule has 1 aromatic rings. The van der Waals surface area contributed by atoms with Crippen molar-refractivity contribution in [2.24, 2.45) is 11.0 Å². The number of esters is 1. The Labute approximate surface area is 111 Å². The molecule has 0 saturated carbocycles. The molecule has 0 radical (unpaired) electrons. The second-order valence-electron chi connectivity index (χ2n) is 4.38. The lowest BCUT2D eigenvalue weighted by Gasteiger charge is -2.13. The quantitative estimate of drug-likeness (QED) is 0.609. The fourth-order valence-corrected chi connectivity index (χ4v) is 1.81. The van der Waals surface area contributed by atoms with Crippen molar-refractivity contribution in [3.8, 4) is 0 Å². The first kappa shape index (κ1) is 13.3. The van der Waals surface area contributed by atoms with E-state index in [1.165, 1.54) is 11.2 Å². The Morgan fingerprint density at radius 2 is 2.05 bits per heavy atom. The maximum absolute atomic E-state index is 12.0. The molecule has 0 fully saturated rings. The monoisotopic (exact) mass is 260 g/mol. The van der Waals surface area contributed by atoms with Gasteiger partial charge in [0.05, 0.1) is 13.2 Å². The minimum Gasteiger partial charge on any atom is -0.465 e. The number of amides is 1. The summed E-state index contributed by atoms with van der Waals surface area (Å²) >= 11 is 0. The highest BCUT2D eigenvalue weighted by atomic mass is 16.5. The number of hydrazone groups is 1. The summed E-state index contributed by atoms with van der Waals surface area (Å²) in [5.41, 5.74) is 2.13. The fraction of sp³-hybridized carbons (Fsp3) is 0.357. The van der Waals surface area contributed by atoms with Gasteiger partial charge in [-0.25, -0.2) is 5.01 Å². The van der Waals surface area contributed by atoms with Crippen LogP contribution in [0.5, 0.6) is 0 Å². The Kier molecular flexibility index (Phi) is 3.94. The third-order valence-corrected chi connectivity index (χ3v) is 2.87. The lowest BCUT2D eigenvalue weighted by atomic mass is 10.1. The first-order chi connectivity index (χ1) is 9.11. The van der Waals surface area contributed by atoms with Gasteiger partial charge in [-0.3, -0.25) is 9.59 Å². The Balaban J connectivity index is 2.01. The van der Waals surface area contributed by atoms with Gasteiger partial charge >= 0.3 is 5.97 Å². The van der Waals surface area contributed by atoms with Crippen LogP contribution in [0, 0.1) is 12.8 Å². The van der Waals surface area contributed by atoms with Crippen LogP contribution >= 0.6 is 0 Å². The zero-order valence-corrected chi connectivity index (χ0v) is 11.0. The molecule has 2 rings (SSSR count). The van der Waals surface area contributed by atoms with E-state index in [0.29, 0.717) is 6.54 Å². The van der Waals surface area contributed by atoms with E-state index in [4.69, 9.17) is 4.74 Å². The van der Waals surface area contributed by atoms with Crippen LogP contribution in [-0.4, -0.2) is 29.7 Å². The normalized spacial score (nSPS) is 17.9. The average Bonchev–Trinajstić information content (AvgIpc) is 2.74. The SMILES string of the molecule is CCOC(=O)C1C=NN(Cc2ccc(C)cc2)C1=O. The molecule has 1 aliphatic rings. The van der Waals surface area contributed by atoms with Crippen molar-refractivity contribution in [3.05, 3.63) is 35.4 Å². The van der Waals surface area contributed by atoms with Crippen molar-refractivity contribution in [2.45, 2.75) is 20.4 Å². The molecule has 0 spiro atoms. The van der Waals surface area contributed by atoms with Crippen molar-refractivity contribution < 1.29 is 14.3 Å². The Bertz CT molecular complexity index is 508. The molecule has 0 bridgehead atoms. The van der Waals surface area contributed by atoms with Crippen LogP contribution in [0.15, 0.2) is 29.4 Å². The molecule has 0 saturated heterocycles. The van der Waals surface area contributed by atoms with Gasteiger partial charge in [0.15, 0.2) is 5.92 Å². The molecular weight excluding hydrogens is 244 g/mol. The van der Waals surface area contributed by atoms with Crippen LogP contribution in [0.1, 0.15) is 18.1 Å². The van der Waals surface area contributed by atoms with Gasteiger partial charge in [-0.2, -0.15) is 5.10 Å². The second kappa shape index (κ2) is 5.65. The number of hydrogen-bond donors (Lipinski definition) is 0. The third-order valence-electron chi connectivity index (χ3n) is 2.87. The van der Waals surface area contributed by atoms with Crippen molar-refractivity contribution in [1.29, 1.82) is 0 Å². The number of hydrogen-bond acceptors (Lipinski definition) is 4. The summed E-state index contributed by atoms with van der Waals surface area (Å²) in [6, 6.07) is 7.83. The zero-order chi connectivity index (χ0) is 13.8. The van der Waals surface area contributed by atoms with Crippen molar-refractivity contribution >= 4 is 18.1 Å². The number of aryl methyl sites for hydroxylation is 1. The Morgan fingerprint density at radius 3 is 2.68 bits per heavy atom. The van der Waals surface area contributed by atoms with Crippen molar-refractivity contribution in [3.63, 3.8) is 0 Å². The summed E-state index contributed by atoms with van der Waals surface area (Å²) in [6.45, 7) is 4.33. The average molecular weight is 260 g/mol. The zero-order valence-electron chi connectivity index (χ0n) is 11.0. The highest BCUT2D eigenvalue weighted by Crippen LogP contribution is 2.16. The molecule has 0 N–H and O–H groups in total. The van der Waals surface area contributed by atoms with Gasteiger partial charge in [0, 0.05) is 6.21 Å². The largest absolute Gasteiger partial charge is 0.465 e. The van der Waals surface area contributed by atoms with E-state index in [9.17, 15) is 9.59 Å². The van der Waals surface area contributed by atoms with Gasteiger partial charge in [-0.1, -0.05) is 29.8 Å². The molecule has 1 amide bonds. The standard InChI is InChI=1S/C14H16N2O3/c1-3-19-14(18)12-8-15-16(13(12)17)9-11-6-4-10(2)5-7-11/h4-8,12H,3,9H2,1-2H3. The predicted molar refractivity (Wildman–Crippen MR) is 70.3 cm³/mol. The lowest BCUT2D eigenvalue weighted by molar-refractivity contribution is -0.151. The van der Waals surface area contributed by atoms with E-state index >= 15 is 0 Å². The fourth-order valence-electron chi connectivity index (χ4n) is 1.81. The van der Waals surface area contributed by atoms with Gasteiger partial charge in [0.25, 0.3) is 5.91 Å². The van der Waals surface area contributed by atoms with Gasteiger partial charge in [0.2, 0.25) is 0 Å². The van der Waals surface area contributed by atoms with Gasteiger partial charge < -0.3 is 4.74 Å². The molecule has 0 aliphatic carbocycles. The van der Waals surface area contributed by atoms with Crippen LogP contribution in [-0.2, 0) is 20.9 Å². The molecule has 0 aromatic heterocycles. The van der Waals surface area contributed by atoms with Gasteiger partial charge in [0.1, 0.15) is 0 Å². The van der Waals surface area contributed by atoms with Crippen LogP contribution in [0.4, 0.5) is 0 Å². The molecule has 1 heterocycles. The summed E-state index contributed by atoms with van der Waals surface area (Å²) in [7, 11) is 0. The van der Waals surface area contributed by atoms with E-state index in [1.807, 2.05) is 31.2 Å². The van der Waals surface area contributed by atoms with E-state index < -0.39 is 11.9 Å². The number of carbonyl (C=O) groups is 2. The summed E-state index contributed by atoms with van der Waals surface area (Å²) in [5, 5.41) is 5.28. The smallest absolute Gasteiger partial charge is 0.324 e. The first-order valence-corrected chi connectivity index (χ1v) is 6.19. The van der Waals surface area contributed by atoms with Crippen molar-refractivity contribution in [2.75, 3.05) is 6.61 Å². The number of benzene rings is 1. The van der Waals surface area contributed by atoms with Crippen LogP contribution < -0.4 is 0 Å². The summed E-state index contributed by atoms with van der Waals surface area (Å²) in [6.07, 6.45) is 1.34. The maximum atomic E-state index is 12.0. The molecule has 1 atom stereocenters. The van der Waals surface area contributed by atoms with E-state index in [-0.39, 0.29) is 12.5 Å². The minimum atomic E-state index is -0.898. The van der Waals surface area contributed by atoms with E-state index in [0.717, 1.165) is 11.1 Å². The van der Waals surface area contributed by atoms with Crippen LogP contribution in [0.25, 0.3) is 0 Å². The molecule has 5 nitrogen and oxygen atoms in total. The van der Waals surface area contributed by atoms with Crippen LogP contribution in [0.2, 0.25) is 0 Å². The van der Waals surface area contributed by atoms with Crippen LogP contribution in [0.3, 0.4) is 0 Å². The number of ether oxygens (including phenoxy) is 1. The molecule has 1 unspecified atom stereocenters. The lowest BCUT2D eigenvalue weighted by Crippen LogP contribution is -2.31. The maximum Gasteiger partial charge on any atom is 0.324 e. The number of carbonyl (C=O) groups excluding carboxylic acids is 2. The van der Waals surface area contributed by atoms with Gasteiger partial charge in [-0.15, -0.1) is 0 Å². The number of nitrogens with zero attached hydrogens (tertiary/aromatic N) is 2. The molecule has 100 valence electrons. The van der Waals surface area contributed by atoms with Gasteiger partial charge in [-0.05, 0) is 19.4 Å². The topological polar surface area (TPSA) is 59.0 Å². The molecular formula is C14H16N2O3. The highest BCUT2D eigenvalue weighted by Gasteiger charge is 2.35. The third kappa shape index (κ3) is 2.99. The summed E-state index contributed by atoms with van der Waals surface area (Å²) < 4.78 is 4.83. The molecule has 1 aromatic carbocycles. The molecule has 5 heteroatoms. The second-order valence-corrected chi connectivity index (χ2v) is 4.38. The Hall–Kier alpha value is -2.17. The summed E-state index contributed by atoms with van der Waals surface area (Å²) in [5.74, 6) is -1.77. The highest BCUT2D eigenvalue weighted by molar-refractivity contribution is 6.13. The predicted octanol–water partition coefficient (Wildman–Crippen LogP) is 1.50. The van der Waals surface area contributed by atoms with Crippen molar-refractivity contribution in [1.82, 2.24) is 5.01 Å². The molecule has 1 aliphatic heterocycles.